The zero-order valence-corrected chi connectivity index (χ0v) is 11.0. The van der Waals surface area contributed by atoms with Crippen molar-refractivity contribution in [3.05, 3.63) is 29.8 Å². The van der Waals surface area contributed by atoms with Crippen LogP contribution in [0.5, 0.6) is 5.75 Å². The number of aliphatic hydroxyl groups excluding tert-OH is 1. The van der Waals surface area contributed by atoms with E-state index in [1.165, 1.54) is 0 Å². The minimum absolute atomic E-state index is 0.0886. The lowest BCUT2D eigenvalue weighted by atomic mass is 10.0. The summed E-state index contributed by atoms with van der Waals surface area (Å²) in [5.74, 6) is 3.63. The van der Waals surface area contributed by atoms with Gasteiger partial charge in [-0.3, -0.25) is 0 Å². The average Bonchev–Trinajstić information content (AvgIpc) is 2.38. The predicted molar refractivity (Wildman–Crippen MR) is 73.3 cm³/mol. The molecule has 0 saturated heterocycles. The van der Waals surface area contributed by atoms with Gasteiger partial charge in [-0.1, -0.05) is 38.0 Å². The fourth-order valence-electron chi connectivity index (χ4n) is 1.66. The lowest BCUT2D eigenvalue weighted by molar-refractivity contribution is 0.209. The quantitative estimate of drug-likeness (QED) is 0.722. The van der Waals surface area contributed by atoms with Crippen LogP contribution in [-0.4, -0.2) is 24.4 Å². The van der Waals surface area contributed by atoms with E-state index in [9.17, 15) is 5.11 Å². The molecule has 3 heteroatoms. The molecule has 1 atom stereocenters. The van der Waals surface area contributed by atoms with E-state index in [0.717, 1.165) is 11.3 Å². The number of hydrogen-bond donors (Lipinski definition) is 2. The average molecular weight is 247 g/mol. The van der Waals surface area contributed by atoms with Crippen LogP contribution < -0.4 is 10.1 Å². The standard InChI is InChI=1S/C15H21NO2/c1-4-9-18-15-8-6-5-7-13(15)10-16-14(11-17)12(2)3/h1,5-8,12,14,16-17H,9-11H2,2-3H3. The van der Waals surface area contributed by atoms with E-state index in [-0.39, 0.29) is 19.3 Å². The van der Waals surface area contributed by atoms with Gasteiger partial charge in [0.15, 0.2) is 0 Å². The van der Waals surface area contributed by atoms with E-state index >= 15 is 0 Å². The van der Waals surface area contributed by atoms with E-state index in [1.54, 1.807) is 0 Å². The predicted octanol–water partition coefficient (Wildman–Crippen LogP) is 1.81. The van der Waals surface area contributed by atoms with Gasteiger partial charge in [-0.25, -0.2) is 0 Å². The normalized spacial score (nSPS) is 12.2. The Morgan fingerprint density at radius 3 is 2.72 bits per heavy atom. The maximum atomic E-state index is 9.26. The van der Waals surface area contributed by atoms with Crippen LogP contribution in [0.4, 0.5) is 0 Å². The van der Waals surface area contributed by atoms with Crippen LogP contribution in [0.2, 0.25) is 0 Å². The largest absolute Gasteiger partial charge is 0.481 e. The Labute approximate surface area is 109 Å². The number of terminal acetylenes is 1. The van der Waals surface area contributed by atoms with Crippen LogP contribution in [0, 0.1) is 18.3 Å². The minimum Gasteiger partial charge on any atom is -0.481 e. The van der Waals surface area contributed by atoms with E-state index in [0.29, 0.717) is 12.5 Å². The molecule has 1 unspecified atom stereocenters. The molecular formula is C15H21NO2. The first-order valence-corrected chi connectivity index (χ1v) is 6.17. The summed E-state index contributed by atoms with van der Waals surface area (Å²) in [4.78, 5) is 0. The fourth-order valence-corrected chi connectivity index (χ4v) is 1.66. The van der Waals surface area contributed by atoms with Crippen molar-refractivity contribution in [2.24, 2.45) is 5.92 Å². The van der Waals surface area contributed by atoms with Crippen molar-refractivity contribution in [1.29, 1.82) is 0 Å². The Morgan fingerprint density at radius 1 is 1.39 bits per heavy atom. The molecule has 98 valence electrons. The lowest BCUT2D eigenvalue weighted by Crippen LogP contribution is -2.36. The second kappa shape index (κ2) is 7.75. The summed E-state index contributed by atoms with van der Waals surface area (Å²) in [6.07, 6.45) is 5.19. The summed E-state index contributed by atoms with van der Waals surface area (Å²) in [6, 6.07) is 7.86. The van der Waals surface area contributed by atoms with Gasteiger partial charge in [0.1, 0.15) is 12.4 Å². The molecule has 0 amide bonds. The molecule has 0 saturated carbocycles. The second-order valence-electron chi connectivity index (χ2n) is 4.51. The Bertz CT molecular complexity index is 396. The smallest absolute Gasteiger partial charge is 0.148 e. The fraction of sp³-hybridized carbons (Fsp3) is 0.467. The molecule has 3 nitrogen and oxygen atoms in total. The molecule has 1 aromatic rings. The van der Waals surface area contributed by atoms with Gasteiger partial charge in [-0.05, 0) is 12.0 Å². The van der Waals surface area contributed by atoms with E-state index < -0.39 is 0 Å². The third-order valence-corrected chi connectivity index (χ3v) is 2.84. The number of ether oxygens (including phenoxy) is 1. The van der Waals surface area contributed by atoms with Gasteiger partial charge < -0.3 is 15.2 Å². The first-order chi connectivity index (χ1) is 8.69. The summed E-state index contributed by atoms with van der Waals surface area (Å²) >= 11 is 0. The highest BCUT2D eigenvalue weighted by atomic mass is 16.5. The number of benzene rings is 1. The second-order valence-corrected chi connectivity index (χ2v) is 4.51. The van der Waals surface area contributed by atoms with Crippen molar-refractivity contribution < 1.29 is 9.84 Å². The van der Waals surface area contributed by atoms with Gasteiger partial charge in [-0.2, -0.15) is 0 Å². The zero-order valence-electron chi connectivity index (χ0n) is 11.0. The number of hydrogen-bond acceptors (Lipinski definition) is 3. The third kappa shape index (κ3) is 4.40. The highest BCUT2D eigenvalue weighted by Crippen LogP contribution is 2.18. The lowest BCUT2D eigenvalue weighted by Gasteiger charge is -2.20. The van der Waals surface area contributed by atoms with Crippen molar-refractivity contribution in [2.45, 2.75) is 26.4 Å². The third-order valence-electron chi connectivity index (χ3n) is 2.84. The van der Waals surface area contributed by atoms with Crippen molar-refractivity contribution in [1.82, 2.24) is 5.32 Å². The van der Waals surface area contributed by atoms with Crippen molar-refractivity contribution in [2.75, 3.05) is 13.2 Å². The minimum atomic E-state index is 0.0886. The number of nitrogens with one attached hydrogen (secondary N) is 1. The molecule has 0 heterocycles. The Kier molecular flexibility index (Phi) is 6.27. The summed E-state index contributed by atoms with van der Waals surface area (Å²) in [5.41, 5.74) is 1.05. The topological polar surface area (TPSA) is 41.5 Å². The van der Waals surface area contributed by atoms with Crippen LogP contribution in [0.25, 0.3) is 0 Å². The Morgan fingerprint density at radius 2 is 2.11 bits per heavy atom. The van der Waals surface area contributed by atoms with Gasteiger partial charge in [0.25, 0.3) is 0 Å². The van der Waals surface area contributed by atoms with Gasteiger partial charge >= 0.3 is 0 Å². The number of rotatable bonds is 7. The molecular weight excluding hydrogens is 226 g/mol. The monoisotopic (exact) mass is 247 g/mol. The first kappa shape index (κ1) is 14.6. The van der Waals surface area contributed by atoms with Crippen LogP contribution in [0.3, 0.4) is 0 Å². The molecule has 0 fully saturated rings. The molecule has 1 aromatic carbocycles. The molecule has 2 N–H and O–H groups in total. The number of para-hydroxylation sites is 1. The summed E-state index contributed by atoms with van der Waals surface area (Å²) < 4.78 is 5.47. The zero-order chi connectivity index (χ0) is 13.4. The Balaban J connectivity index is 2.63. The van der Waals surface area contributed by atoms with Gasteiger partial charge in [0.05, 0.1) is 6.61 Å². The van der Waals surface area contributed by atoms with E-state index in [2.05, 4.69) is 25.1 Å². The summed E-state index contributed by atoms with van der Waals surface area (Å²) in [6.45, 7) is 5.21. The molecule has 0 aliphatic carbocycles. The molecule has 0 aromatic heterocycles. The summed E-state index contributed by atoms with van der Waals surface area (Å²) in [5, 5.41) is 12.6. The van der Waals surface area contributed by atoms with Gasteiger partial charge in [0, 0.05) is 18.2 Å². The maximum Gasteiger partial charge on any atom is 0.148 e. The highest BCUT2D eigenvalue weighted by molar-refractivity contribution is 5.33. The molecule has 0 radical (unpaired) electrons. The van der Waals surface area contributed by atoms with Crippen molar-refractivity contribution >= 4 is 0 Å². The van der Waals surface area contributed by atoms with Crippen molar-refractivity contribution in [3.8, 4) is 18.1 Å². The Hall–Kier alpha value is -1.50. The molecule has 0 aliphatic rings. The molecule has 1 rings (SSSR count). The van der Waals surface area contributed by atoms with Crippen LogP contribution in [0.1, 0.15) is 19.4 Å². The van der Waals surface area contributed by atoms with E-state index in [4.69, 9.17) is 11.2 Å². The molecule has 0 spiro atoms. The van der Waals surface area contributed by atoms with Gasteiger partial charge in [0.2, 0.25) is 0 Å². The number of aliphatic hydroxyl groups is 1. The van der Waals surface area contributed by atoms with Crippen LogP contribution in [-0.2, 0) is 6.54 Å². The maximum absolute atomic E-state index is 9.26. The highest BCUT2D eigenvalue weighted by Gasteiger charge is 2.12. The van der Waals surface area contributed by atoms with E-state index in [1.807, 2.05) is 24.3 Å². The van der Waals surface area contributed by atoms with Crippen LogP contribution in [0.15, 0.2) is 24.3 Å². The van der Waals surface area contributed by atoms with Crippen LogP contribution >= 0.6 is 0 Å². The molecule has 0 bridgehead atoms. The molecule has 0 aliphatic heterocycles. The van der Waals surface area contributed by atoms with Crippen molar-refractivity contribution in [3.63, 3.8) is 0 Å². The summed E-state index contributed by atoms with van der Waals surface area (Å²) in [7, 11) is 0. The first-order valence-electron chi connectivity index (χ1n) is 6.17. The van der Waals surface area contributed by atoms with Gasteiger partial charge in [-0.15, -0.1) is 6.42 Å². The SMILES string of the molecule is C#CCOc1ccccc1CNC(CO)C(C)C. The molecule has 18 heavy (non-hydrogen) atoms.